The van der Waals surface area contributed by atoms with Crippen LogP contribution in [0.5, 0.6) is 0 Å². The van der Waals surface area contributed by atoms with Crippen molar-refractivity contribution in [2.24, 2.45) is 0 Å². The lowest BCUT2D eigenvalue weighted by molar-refractivity contribution is 1.19. The second kappa shape index (κ2) is 8.55. The molecular formula is C36H19N3S. The molecule has 0 aliphatic rings. The van der Waals surface area contributed by atoms with Crippen molar-refractivity contribution in [1.29, 1.82) is 5.26 Å². The van der Waals surface area contributed by atoms with E-state index < -0.39 is 0 Å². The van der Waals surface area contributed by atoms with Crippen molar-refractivity contribution in [3.05, 3.63) is 132 Å². The van der Waals surface area contributed by atoms with Crippen LogP contribution < -0.4 is 0 Å². The predicted octanol–water partition coefficient (Wildman–Crippen LogP) is 10.4. The number of nitriles is 1. The highest BCUT2D eigenvalue weighted by molar-refractivity contribution is 7.25. The molecule has 184 valence electrons. The van der Waals surface area contributed by atoms with E-state index in [9.17, 15) is 5.26 Å². The van der Waals surface area contributed by atoms with E-state index in [1.165, 1.54) is 36.3 Å². The van der Waals surface area contributed by atoms with Gasteiger partial charge in [-0.1, -0.05) is 66.7 Å². The monoisotopic (exact) mass is 525 g/mol. The third-order valence-electron chi connectivity index (χ3n) is 7.85. The Morgan fingerprint density at radius 1 is 0.675 bits per heavy atom. The fraction of sp³-hybridized carbons (Fsp3) is 0. The molecule has 0 aliphatic carbocycles. The second-order valence-corrected chi connectivity index (χ2v) is 11.0. The van der Waals surface area contributed by atoms with Crippen LogP contribution in [0.3, 0.4) is 0 Å². The molecule has 4 heteroatoms. The van der Waals surface area contributed by atoms with Gasteiger partial charge in [0.2, 0.25) is 0 Å². The summed E-state index contributed by atoms with van der Waals surface area (Å²) in [6, 6.07) is 42.2. The van der Waals surface area contributed by atoms with E-state index >= 15 is 0 Å². The molecule has 6 aromatic carbocycles. The molecule has 0 saturated carbocycles. The topological polar surface area (TPSA) is 33.1 Å². The summed E-state index contributed by atoms with van der Waals surface area (Å²) < 4.78 is 4.91. The van der Waals surface area contributed by atoms with Crippen LogP contribution in [0.25, 0.3) is 74.4 Å². The van der Waals surface area contributed by atoms with Crippen LogP contribution in [0, 0.1) is 17.9 Å². The third-order valence-corrected chi connectivity index (χ3v) is 9.00. The molecule has 0 amide bonds. The van der Waals surface area contributed by atoms with Gasteiger partial charge in [-0.2, -0.15) is 5.26 Å². The molecule has 40 heavy (non-hydrogen) atoms. The Hall–Kier alpha value is -5.42. The maximum Gasteiger partial charge on any atom is 0.196 e. The predicted molar refractivity (Wildman–Crippen MR) is 168 cm³/mol. The molecule has 8 aromatic rings. The quantitative estimate of drug-likeness (QED) is 0.207. The third kappa shape index (κ3) is 3.15. The highest BCUT2D eigenvalue weighted by Crippen LogP contribution is 2.42. The van der Waals surface area contributed by atoms with Crippen molar-refractivity contribution >= 4 is 69.8 Å². The van der Waals surface area contributed by atoms with Gasteiger partial charge < -0.3 is 4.57 Å². The fourth-order valence-electron chi connectivity index (χ4n) is 6.11. The van der Waals surface area contributed by atoms with Crippen molar-refractivity contribution in [3.8, 4) is 22.9 Å². The van der Waals surface area contributed by atoms with Gasteiger partial charge in [0.05, 0.1) is 23.7 Å². The average Bonchev–Trinajstić information content (AvgIpc) is 3.55. The Kier molecular flexibility index (Phi) is 4.82. The second-order valence-electron chi connectivity index (χ2n) is 9.95. The SMILES string of the molecule is [C-]#[N+]c1cccc(C#N)c1-c1ccc2c(c1)c1c3ccccc3ccc1n2-c1ccc2sc3ccccc3c2c1. The number of nitrogens with zero attached hydrogens (tertiary/aromatic N) is 3. The van der Waals surface area contributed by atoms with Crippen molar-refractivity contribution in [2.75, 3.05) is 0 Å². The lowest BCUT2D eigenvalue weighted by atomic mass is 9.96. The van der Waals surface area contributed by atoms with Gasteiger partial charge in [-0.25, -0.2) is 4.85 Å². The van der Waals surface area contributed by atoms with Crippen molar-refractivity contribution < 1.29 is 0 Å². The van der Waals surface area contributed by atoms with Gasteiger partial charge in [0, 0.05) is 47.8 Å². The van der Waals surface area contributed by atoms with E-state index in [4.69, 9.17) is 6.57 Å². The number of hydrogen-bond donors (Lipinski definition) is 0. The van der Waals surface area contributed by atoms with Gasteiger partial charge in [-0.3, -0.25) is 0 Å². The van der Waals surface area contributed by atoms with Gasteiger partial charge in [0.1, 0.15) is 0 Å². The normalized spacial score (nSPS) is 11.4. The van der Waals surface area contributed by atoms with E-state index in [0.717, 1.165) is 27.7 Å². The molecule has 2 heterocycles. The van der Waals surface area contributed by atoms with Crippen LogP contribution in [0.2, 0.25) is 0 Å². The number of aromatic nitrogens is 1. The number of benzene rings is 6. The number of fused-ring (bicyclic) bond motifs is 8. The van der Waals surface area contributed by atoms with Gasteiger partial charge >= 0.3 is 0 Å². The molecule has 0 fully saturated rings. The van der Waals surface area contributed by atoms with Crippen LogP contribution in [-0.2, 0) is 0 Å². The Morgan fingerprint density at radius 3 is 2.35 bits per heavy atom. The van der Waals surface area contributed by atoms with Crippen LogP contribution in [0.1, 0.15) is 5.56 Å². The standard InChI is InChI=1S/C36H19N3S/c1-38-30-11-6-8-24(21-37)35(30)23-14-16-31-29(19-23)36-26-9-3-2-7-22(26)13-17-32(36)39(31)25-15-18-34-28(20-25)27-10-4-5-12-33(27)40-34/h2-20H. The van der Waals surface area contributed by atoms with E-state index in [1.807, 2.05) is 17.4 Å². The summed E-state index contributed by atoms with van der Waals surface area (Å²) in [4.78, 5) is 3.74. The van der Waals surface area contributed by atoms with Gasteiger partial charge in [0.15, 0.2) is 5.69 Å². The molecule has 3 nitrogen and oxygen atoms in total. The molecule has 0 saturated heterocycles. The van der Waals surface area contributed by atoms with E-state index in [0.29, 0.717) is 16.8 Å². The lowest BCUT2D eigenvalue weighted by Crippen LogP contribution is -1.93. The summed E-state index contributed by atoms with van der Waals surface area (Å²) in [6.45, 7) is 7.75. The number of rotatable bonds is 2. The minimum absolute atomic E-state index is 0.488. The Bertz CT molecular complexity index is 2380. The first-order valence-electron chi connectivity index (χ1n) is 13.0. The molecule has 0 N–H and O–H groups in total. The maximum absolute atomic E-state index is 9.87. The first-order valence-corrected chi connectivity index (χ1v) is 13.9. The molecule has 0 unspecified atom stereocenters. The molecule has 2 aromatic heterocycles. The van der Waals surface area contributed by atoms with Gasteiger partial charge in [-0.15, -0.1) is 11.3 Å². The summed E-state index contributed by atoms with van der Waals surface area (Å²) in [5.74, 6) is 0. The van der Waals surface area contributed by atoms with Crippen LogP contribution >= 0.6 is 11.3 Å². The molecule has 8 rings (SSSR count). The number of hydrogen-bond acceptors (Lipinski definition) is 2. The highest BCUT2D eigenvalue weighted by atomic mass is 32.1. The summed E-state index contributed by atoms with van der Waals surface area (Å²) in [7, 11) is 0. The van der Waals surface area contributed by atoms with Crippen LogP contribution in [0.15, 0.2) is 115 Å². The molecule has 0 aliphatic heterocycles. The van der Waals surface area contributed by atoms with E-state index in [2.05, 4.69) is 106 Å². The van der Waals surface area contributed by atoms with Crippen LogP contribution in [-0.4, -0.2) is 4.57 Å². The zero-order chi connectivity index (χ0) is 26.8. The van der Waals surface area contributed by atoms with Crippen molar-refractivity contribution in [2.45, 2.75) is 0 Å². The largest absolute Gasteiger partial charge is 0.309 e. The molecule has 0 radical (unpaired) electrons. The summed E-state index contributed by atoms with van der Waals surface area (Å²) in [5, 5.41) is 17.0. The Balaban J connectivity index is 1.50. The lowest BCUT2D eigenvalue weighted by Gasteiger charge is -2.10. The van der Waals surface area contributed by atoms with Crippen LogP contribution in [0.4, 0.5) is 5.69 Å². The van der Waals surface area contributed by atoms with Gasteiger partial charge in [-0.05, 0) is 64.9 Å². The minimum atomic E-state index is 0.488. The van der Waals surface area contributed by atoms with Crippen molar-refractivity contribution in [1.82, 2.24) is 4.57 Å². The molecular weight excluding hydrogens is 506 g/mol. The summed E-state index contributed by atoms with van der Waals surface area (Å²) in [5.41, 5.74) is 5.89. The Morgan fingerprint density at radius 2 is 1.48 bits per heavy atom. The minimum Gasteiger partial charge on any atom is -0.309 e. The molecule has 0 atom stereocenters. The van der Waals surface area contributed by atoms with Crippen molar-refractivity contribution in [3.63, 3.8) is 0 Å². The highest BCUT2D eigenvalue weighted by Gasteiger charge is 2.18. The van der Waals surface area contributed by atoms with Gasteiger partial charge in [0.25, 0.3) is 0 Å². The van der Waals surface area contributed by atoms with E-state index in [-0.39, 0.29) is 0 Å². The maximum atomic E-state index is 9.87. The summed E-state index contributed by atoms with van der Waals surface area (Å²) >= 11 is 1.82. The van der Waals surface area contributed by atoms with E-state index in [1.54, 1.807) is 18.2 Å². The fourth-order valence-corrected chi connectivity index (χ4v) is 7.19. The Labute approximate surface area is 234 Å². The smallest absolute Gasteiger partial charge is 0.196 e. The average molecular weight is 526 g/mol. The first-order chi connectivity index (χ1) is 19.7. The molecule has 0 bridgehead atoms. The number of thiophene rings is 1. The first kappa shape index (κ1) is 22.6. The zero-order valence-electron chi connectivity index (χ0n) is 21.2. The molecule has 0 spiro atoms. The zero-order valence-corrected chi connectivity index (χ0v) is 22.0. The summed E-state index contributed by atoms with van der Waals surface area (Å²) in [6.07, 6.45) is 0.